The maximum atomic E-state index is 2.47. The van der Waals surface area contributed by atoms with Gasteiger partial charge in [-0.05, 0) is 109 Å². The molecule has 0 bridgehead atoms. The van der Waals surface area contributed by atoms with Gasteiger partial charge in [0.15, 0.2) is 0 Å². The molecule has 0 amide bonds. The maximum Gasteiger partial charge on any atom is 0.0561 e. The lowest BCUT2D eigenvalue weighted by molar-refractivity contribution is 1.18. The Morgan fingerprint density at radius 1 is 0.290 bits per heavy atom. The molecule has 12 aromatic rings. The topological polar surface area (TPSA) is 8.17 Å². The van der Waals surface area contributed by atoms with Crippen molar-refractivity contribution in [2.75, 3.05) is 4.90 Å². The standard InChI is InChI=1S/C60H40N2/c1-4-19-42(20-5-1)49-26-14-16-30-56(49)61(48-35-37-53-52-28-15-17-31-57(52)62(58(53)40-48)46-33-32-41-18-10-11-25-45(41)38-46)47-34-36-51-50-27-12-13-29-54(50)59(43-21-6-2-7-22-43)60(55(51)39-47)44-23-8-3-9-24-44/h1-40H. The van der Waals surface area contributed by atoms with Crippen molar-refractivity contribution >= 4 is 71.2 Å². The van der Waals surface area contributed by atoms with E-state index in [1.807, 2.05) is 0 Å². The van der Waals surface area contributed by atoms with Crippen LogP contribution in [0.4, 0.5) is 17.1 Å². The summed E-state index contributed by atoms with van der Waals surface area (Å²) in [5.74, 6) is 0. The fourth-order valence-corrected chi connectivity index (χ4v) is 9.78. The molecule has 2 nitrogen and oxygen atoms in total. The van der Waals surface area contributed by atoms with Crippen LogP contribution in [0.3, 0.4) is 0 Å². The third-order valence-corrected chi connectivity index (χ3v) is 12.5. The van der Waals surface area contributed by atoms with Crippen molar-refractivity contribution in [3.63, 3.8) is 0 Å². The third kappa shape index (κ3) is 5.88. The van der Waals surface area contributed by atoms with E-state index in [4.69, 9.17) is 0 Å². The highest BCUT2D eigenvalue weighted by Gasteiger charge is 2.23. The molecule has 12 rings (SSSR count). The summed E-state index contributed by atoms with van der Waals surface area (Å²) in [6, 6.07) is 88.6. The minimum Gasteiger partial charge on any atom is -0.310 e. The van der Waals surface area contributed by atoms with Crippen LogP contribution in [0.5, 0.6) is 0 Å². The lowest BCUT2D eigenvalue weighted by Crippen LogP contribution is -2.11. The van der Waals surface area contributed by atoms with Gasteiger partial charge in [0, 0.05) is 33.4 Å². The number of nitrogens with zero attached hydrogens (tertiary/aromatic N) is 2. The van der Waals surface area contributed by atoms with E-state index in [9.17, 15) is 0 Å². The molecule has 2 heteroatoms. The highest BCUT2D eigenvalue weighted by atomic mass is 15.1. The van der Waals surface area contributed by atoms with Crippen molar-refractivity contribution in [3.05, 3.63) is 243 Å². The van der Waals surface area contributed by atoms with Crippen LogP contribution in [0.1, 0.15) is 0 Å². The summed E-state index contributed by atoms with van der Waals surface area (Å²) in [7, 11) is 0. The van der Waals surface area contributed by atoms with Gasteiger partial charge in [0.1, 0.15) is 0 Å². The molecule has 0 aliphatic carbocycles. The number of fused-ring (bicyclic) bond motifs is 7. The molecule has 0 aliphatic rings. The summed E-state index contributed by atoms with van der Waals surface area (Å²) in [5.41, 5.74) is 14.0. The van der Waals surface area contributed by atoms with Gasteiger partial charge >= 0.3 is 0 Å². The third-order valence-electron chi connectivity index (χ3n) is 12.5. The van der Waals surface area contributed by atoms with Gasteiger partial charge in [0.25, 0.3) is 0 Å². The largest absolute Gasteiger partial charge is 0.310 e. The van der Waals surface area contributed by atoms with E-state index >= 15 is 0 Å². The van der Waals surface area contributed by atoms with Crippen LogP contribution in [0.15, 0.2) is 243 Å². The zero-order chi connectivity index (χ0) is 41.0. The molecule has 0 fully saturated rings. The Hall–Kier alpha value is -8.20. The Morgan fingerprint density at radius 3 is 1.55 bits per heavy atom. The van der Waals surface area contributed by atoms with Crippen LogP contribution in [-0.4, -0.2) is 4.57 Å². The monoisotopic (exact) mass is 788 g/mol. The van der Waals surface area contributed by atoms with Gasteiger partial charge in [-0.25, -0.2) is 0 Å². The number of hydrogen-bond acceptors (Lipinski definition) is 1. The number of hydrogen-bond donors (Lipinski definition) is 0. The summed E-state index contributed by atoms with van der Waals surface area (Å²) in [6.07, 6.45) is 0. The summed E-state index contributed by atoms with van der Waals surface area (Å²) >= 11 is 0. The fourth-order valence-electron chi connectivity index (χ4n) is 9.78. The normalized spacial score (nSPS) is 11.5. The summed E-state index contributed by atoms with van der Waals surface area (Å²) in [6.45, 7) is 0. The molecule has 0 aliphatic heterocycles. The first-order valence-electron chi connectivity index (χ1n) is 21.3. The van der Waals surface area contributed by atoms with Crippen LogP contribution < -0.4 is 4.90 Å². The van der Waals surface area contributed by atoms with Crippen LogP contribution in [0, 0.1) is 0 Å². The van der Waals surface area contributed by atoms with Crippen LogP contribution >= 0.6 is 0 Å². The predicted octanol–water partition coefficient (Wildman–Crippen LogP) is 16.7. The smallest absolute Gasteiger partial charge is 0.0561 e. The lowest BCUT2D eigenvalue weighted by Gasteiger charge is -2.29. The van der Waals surface area contributed by atoms with E-state index in [1.165, 1.54) is 76.4 Å². The second-order valence-corrected chi connectivity index (χ2v) is 16.1. The van der Waals surface area contributed by atoms with Gasteiger partial charge in [-0.1, -0.05) is 194 Å². The van der Waals surface area contributed by atoms with Crippen molar-refractivity contribution in [1.82, 2.24) is 4.57 Å². The predicted molar refractivity (Wildman–Crippen MR) is 264 cm³/mol. The van der Waals surface area contributed by atoms with E-state index in [0.717, 1.165) is 33.8 Å². The molecule has 0 N–H and O–H groups in total. The average molecular weight is 789 g/mol. The van der Waals surface area contributed by atoms with Gasteiger partial charge in [-0.2, -0.15) is 0 Å². The van der Waals surface area contributed by atoms with Crippen molar-refractivity contribution < 1.29 is 0 Å². The molecule has 290 valence electrons. The quantitative estimate of drug-likeness (QED) is 0.146. The number of para-hydroxylation sites is 2. The first-order valence-corrected chi connectivity index (χ1v) is 21.3. The van der Waals surface area contributed by atoms with Crippen molar-refractivity contribution in [1.29, 1.82) is 0 Å². The van der Waals surface area contributed by atoms with Gasteiger partial charge in [0.05, 0.1) is 16.7 Å². The minimum atomic E-state index is 1.08. The molecule has 0 atom stereocenters. The van der Waals surface area contributed by atoms with Gasteiger partial charge in [-0.3, -0.25) is 0 Å². The number of benzene rings is 11. The minimum absolute atomic E-state index is 1.08. The molecule has 0 radical (unpaired) electrons. The van der Waals surface area contributed by atoms with E-state index in [-0.39, 0.29) is 0 Å². The zero-order valence-corrected chi connectivity index (χ0v) is 34.0. The molecule has 62 heavy (non-hydrogen) atoms. The highest BCUT2D eigenvalue weighted by Crippen LogP contribution is 2.48. The Labute approximate surface area is 360 Å². The lowest BCUT2D eigenvalue weighted by atomic mass is 9.85. The van der Waals surface area contributed by atoms with Gasteiger partial charge < -0.3 is 9.47 Å². The molecular formula is C60H40N2. The van der Waals surface area contributed by atoms with E-state index < -0.39 is 0 Å². The molecule has 11 aromatic carbocycles. The first-order chi connectivity index (χ1) is 30.8. The number of anilines is 3. The molecule has 1 heterocycles. The molecular weight excluding hydrogens is 749 g/mol. The zero-order valence-electron chi connectivity index (χ0n) is 34.0. The van der Waals surface area contributed by atoms with Gasteiger partial charge in [0.2, 0.25) is 0 Å². The Kier molecular flexibility index (Phi) is 8.53. The van der Waals surface area contributed by atoms with Crippen molar-refractivity contribution in [2.24, 2.45) is 0 Å². The van der Waals surface area contributed by atoms with Crippen molar-refractivity contribution in [3.8, 4) is 39.1 Å². The first kappa shape index (κ1) is 35.7. The SMILES string of the molecule is c1ccc(-c2ccccc2N(c2ccc3c(c2)c(-c2ccccc2)c(-c2ccccc2)c2ccccc23)c2ccc3c4ccccc4n(-c4ccc5ccccc5c4)c3c2)cc1. The van der Waals surface area contributed by atoms with Crippen LogP contribution in [-0.2, 0) is 0 Å². The second kappa shape index (κ2) is 14.8. The van der Waals surface area contributed by atoms with E-state index in [2.05, 4.69) is 252 Å². The molecule has 0 spiro atoms. The highest BCUT2D eigenvalue weighted by molar-refractivity contribution is 6.22. The molecule has 0 saturated carbocycles. The molecule has 1 aromatic heterocycles. The number of rotatable bonds is 7. The Balaban J connectivity index is 1.17. The van der Waals surface area contributed by atoms with Gasteiger partial charge in [-0.15, -0.1) is 0 Å². The number of aromatic nitrogens is 1. The maximum absolute atomic E-state index is 2.47. The molecule has 0 unspecified atom stereocenters. The van der Waals surface area contributed by atoms with Crippen molar-refractivity contribution in [2.45, 2.75) is 0 Å². The molecule has 0 saturated heterocycles. The fraction of sp³-hybridized carbons (Fsp3) is 0. The van der Waals surface area contributed by atoms with E-state index in [1.54, 1.807) is 0 Å². The second-order valence-electron chi connectivity index (χ2n) is 16.1. The Morgan fingerprint density at radius 2 is 0.806 bits per heavy atom. The van der Waals surface area contributed by atoms with Crippen LogP contribution in [0.25, 0.3) is 93.2 Å². The average Bonchev–Trinajstić information content (AvgIpc) is 3.68. The summed E-state index contributed by atoms with van der Waals surface area (Å²) in [4.78, 5) is 2.47. The van der Waals surface area contributed by atoms with Crippen LogP contribution in [0.2, 0.25) is 0 Å². The van der Waals surface area contributed by atoms with E-state index in [0.29, 0.717) is 0 Å². The summed E-state index contributed by atoms with van der Waals surface area (Å²) < 4.78 is 2.44. The Bertz CT molecular complexity index is 3620. The summed E-state index contributed by atoms with van der Waals surface area (Å²) in [5, 5.41) is 9.83.